The molecule has 25 heavy (non-hydrogen) atoms. The third kappa shape index (κ3) is 5.00. The van der Waals surface area contributed by atoms with E-state index in [1.54, 1.807) is 23.1 Å². The zero-order valence-corrected chi connectivity index (χ0v) is 17.0. The molecule has 0 atom stereocenters. The van der Waals surface area contributed by atoms with Crippen LogP contribution in [-0.4, -0.2) is 47.1 Å². The van der Waals surface area contributed by atoms with Crippen LogP contribution in [0.1, 0.15) is 29.1 Å². The van der Waals surface area contributed by atoms with E-state index in [2.05, 4.69) is 30.9 Å². The largest absolute Gasteiger partial charge is 0.336 e. The molecular formula is C19H23ClN2OS2. The highest BCUT2D eigenvalue weighted by atomic mass is 35.5. The van der Waals surface area contributed by atoms with E-state index in [0.29, 0.717) is 5.25 Å². The van der Waals surface area contributed by atoms with Crippen molar-refractivity contribution in [3.8, 4) is 0 Å². The number of carbonyl (C=O) groups is 1. The first-order valence-electron chi connectivity index (χ1n) is 8.54. The highest BCUT2D eigenvalue weighted by Crippen LogP contribution is 2.28. The van der Waals surface area contributed by atoms with Crippen molar-refractivity contribution in [1.82, 2.24) is 9.80 Å². The molecule has 1 saturated heterocycles. The molecule has 0 saturated carbocycles. The molecule has 2 heterocycles. The predicted molar refractivity (Wildman–Crippen MR) is 108 cm³/mol. The van der Waals surface area contributed by atoms with E-state index in [1.165, 1.54) is 4.88 Å². The van der Waals surface area contributed by atoms with Gasteiger partial charge in [-0.2, -0.15) is 0 Å². The summed E-state index contributed by atoms with van der Waals surface area (Å²) in [5, 5.41) is 0.461. The highest BCUT2D eigenvalue weighted by Gasteiger charge is 2.24. The van der Waals surface area contributed by atoms with Crippen LogP contribution in [0.5, 0.6) is 0 Å². The first kappa shape index (κ1) is 18.8. The summed E-state index contributed by atoms with van der Waals surface area (Å²) in [5.41, 5.74) is 0.833. The van der Waals surface area contributed by atoms with E-state index in [9.17, 15) is 4.79 Å². The molecule has 1 aromatic carbocycles. The van der Waals surface area contributed by atoms with Crippen molar-refractivity contribution in [3.05, 3.63) is 51.2 Å². The molecular weight excluding hydrogens is 372 g/mol. The number of thioether (sulfide) groups is 1. The number of hydrogen-bond acceptors (Lipinski definition) is 4. The van der Waals surface area contributed by atoms with Gasteiger partial charge in [0.2, 0.25) is 0 Å². The zero-order valence-electron chi connectivity index (χ0n) is 14.6. The van der Waals surface area contributed by atoms with Gasteiger partial charge in [-0.1, -0.05) is 37.6 Å². The Labute approximate surface area is 163 Å². The number of benzene rings is 1. The number of thiophene rings is 1. The van der Waals surface area contributed by atoms with E-state index in [1.807, 2.05) is 29.2 Å². The zero-order chi connectivity index (χ0) is 17.8. The van der Waals surface area contributed by atoms with Gasteiger partial charge in [0.25, 0.3) is 5.91 Å². The fourth-order valence-electron chi connectivity index (χ4n) is 2.94. The van der Waals surface area contributed by atoms with Gasteiger partial charge in [-0.25, -0.2) is 0 Å². The molecule has 0 bridgehead atoms. The van der Waals surface area contributed by atoms with Gasteiger partial charge in [0, 0.05) is 47.7 Å². The molecule has 1 amide bonds. The number of carbonyl (C=O) groups excluding carboxylic acids is 1. The Morgan fingerprint density at radius 3 is 2.52 bits per heavy atom. The van der Waals surface area contributed by atoms with Crippen LogP contribution < -0.4 is 0 Å². The molecule has 6 heteroatoms. The van der Waals surface area contributed by atoms with Crippen LogP contribution in [0.3, 0.4) is 0 Å². The molecule has 1 aliphatic rings. The monoisotopic (exact) mass is 394 g/mol. The molecule has 0 radical (unpaired) electrons. The lowest BCUT2D eigenvalue weighted by molar-refractivity contribution is 0.0626. The van der Waals surface area contributed by atoms with Crippen LogP contribution in [-0.2, 0) is 6.54 Å². The van der Waals surface area contributed by atoms with Crippen LogP contribution >= 0.6 is 34.7 Å². The van der Waals surface area contributed by atoms with Crippen LogP contribution in [0.4, 0.5) is 0 Å². The topological polar surface area (TPSA) is 23.6 Å². The Hall–Kier alpha value is -1.01. The Balaban J connectivity index is 1.60. The third-order valence-electron chi connectivity index (χ3n) is 4.15. The number of amides is 1. The molecule has 0 spiro atoms. The summed E-state index contributed by atoms with van der Waals surface area (Å²) < 4.78 is 0.836. The van der Waals surface area contributed by atoms with Gasteiger partial charge in [-0.15, -0.1) is 23.1 Å². The minimum Gasteiger partial charge on any atom is -0.336 e. The second-order valence-corrected chi connectivity index (χ2v) is 9.85. The van der Waals surface area contributed by atoms with Gasteiger partial charge in [0.1, 0.15) is 0 Å². The van der Waals surface area contributed by atoms with Gasteiger partial charge >= 0.3 is 0 Å². The number of piperazine rings is 1. The van der Waals surface area contributed by atoms with Gasteiger partial charge < -0.3 is 4.90 Å². The molecule has 1 fully saturated rings. The van der Waals surface area contributed by atoms with Crippen molar-refractivity contribution >= 4 is 40.6 Å². The second kappa shape index (κ2) is 8.58. The summed E-state index contributed by atoms with van der Waals surface area (Å²) in [6.45, 7) is 8.58. The number of rotatable bonds is 5. The van der Waals surface area contributed by atoms with Gasteiger partial charge in [0.05, 0.1) is 9.90 Å². The smallest absolute Gasteiger partial charge is 0.255 e. The van der Waals surface area contributed by atoms with E-state index >= 15 is 0 Å². The second-order valence-electron chi connectivity index (χ2n) is 6.44. The standard InChI is InChI=1S/C19H23ClN2OS2/c1-14(2)24-17-6-4-3-5-16(17)19(23)22-11-9-21(10-12-22)13-15-7-8-18(20)25-15/h3-8,14H,9-13H2,1-2H3. The number of nitrogens with zero attached hydrogens (tertiary/aromatic N) is 2. The van der Waals surface area contributed by atoms with Crippen molar-refractivity contribution in [1.29, 1.82) is 0 Å². The van der Waals surface area contributed by atoms with Crippen LogP contribution in [0.25, 0.3) is 0 Å². The van der Waals surface area contributed by atoms with Crippen molar-refractivity contribution in [2.24, 2.45) is 0 Å². The Morgan fingerprint density at radius 2 is 1.88 bits per heavy atom. The van der Waals surface area contributed by atoms with E-state index in [4.69, 9.17) is 11.6 Å². The summed E-state index contributed by atoms with van der Waals surface area (Å²) in [4.78, 5) is 19.7. The maximum absolute atomic E-state index is 12.9. The van der Waals surface area contributed by atoms with Crippen LogP contribution in [0.2, 0.25) is 4.34 Å². The number of hydrogen-bond donors (Lipinski definition) is 0. The van der Waals surface area contributed by atoms with E-state index in [0.717, 1.165) is 47.5 Å². The van der Waals surface area contributed by atoms with Crippen molar-refractivity contribution in [2.75, 3.05) is 26.2 Å². The quantitative estimate of drug-likeness (QED) is 0.676. The summed E-state index contributed by atoms with van der Waals surface area (Å²) in [5.74, 6) is 0.155. The molecule has 1 aliphatic heterocycles. The fraction of sp³-hybridized carbons (Fsp3) is 0.421. The Kier molecular flexibility index (Phi) is 6.44. The lowest BCUT2D eigenvalue weighted by atomic mass is 10.2. The molecule has 3 rings (SSSR count). The van der Waals surface area contributed by atoms with Crippen LogP contribution in [0, 0.1) is 0 Å². The molecule has 3 nitrogen and oxygen atoms in total. The van der Waals surface area contributed by atoms with Gasteiger partial charge in [-0.3, -0.25) is 9.69 Å². The van der Waals surface area contributed by atoms with E-state index < -0.39 is 0 Å². The van der Waals surface area contributed by atoms with Crippen molar-refractivity contribution < 1.29 is 4.79 Å². The third-order valence-corrected chi connectivity index (χ3v) is 6.45. The molecule has 134 valence electrons. The average Bonchev–Trinajstić information content (AvgIpc) is 3.00. The SMILES string of the molecule is CC(C)Sc1ccccc1C(=O)N1CCN(Cc2ccc(Cl)s2)CC1. The minimum atomic E-state index is 0.155. The minimum absolute atomic E-state index is 0.155. The lowest BCUT2D eigenvalue weighted by Crippen LogP contribution is -2.48. The fourth-order valence-corrected chi connectivity index (χ4v) is 5.01. The maximum atomic E-state index is 12.9. The van der Waals surface area contributed by atoms with Gasteiger partial charge in [-0.05, 0) is 24.3 Å². The van der Waals surface area contributed by atoms with Crippen LogP contribution in [0.15, 0.2) is 41.3 Å². The van der Waals surface area contributed by atoms with Gasteiger partial charge in [0.15, 0.2) is 0 Å². The molecule has 0 aliphatic carbocycles. The maximum Gasteiger partial charge on any atom is 0.255 e. The summed E-state index contributed by atoms with van der Waals surface area (Å²) in [7, 11) is 0. The molecule has 0 unspecified atom stereocenters. The first-order valence-corrected chi connectivity index (χ1v) is 10.6. The number of halogens is 1. The van der Waals surface area contributed by atoms with Crippen molar-refractivity contribution in [2.45, 2.75) is 30.5 Å². The predicted octanol–water partition coefficient (Wildman–Crippen LogP) is 4.86. The molecule has 2 aromatic rings. The Morgan fingerprint density at radius 1 is 1.16 bits per heavy atom. The molecule has 0 N–H and O–H groups in total. The normalized spacial score (nSPS) is 15.8. The first-order chi connectivity index (χ1) is 12.0. The molecule has 1 aromatic heterocycles. The van der Waals surface area contributed by atoms with Crippen molar-refractivity contribution in [3.63, 3.8) is 0 Å². The average molecular weight is 395 g/mol. The van der Waals surface area contributed by atoms with E-state index in [-0.39, 0.29) is 5.91 Å². The Bertz CT molecular complexity index is 724. The summed E-state index contributed by atoms with van der Waals surface area (Å²) in [6, 6.07) is 12.0. The lowest BCUT2D eigenvalue weighted by Gasteiger charge is -2.34. The summed E-state index contributed by atoms with van der Waals surface area (Å²) in [6.07, 6.45) is 0. The highest BCUT2D eigenvalue weighted by molar-refractivity contribution is 8.00. The summed E-state index contributed by atoms with van der Waals surface area (Å²) >= 11 is 9.39.